The van der Waals surface area contributed by atoms with Crippen LogP contribution in [-0.4, -0.2) is 0 Å². The highest BCUT2D eigenvalue weighted by molar-refractivity contribution is 5.46. The number of aryl methyl sites for hydroxylation is 2. The van der Waals surface area contributed by atoms with Crippen molar-refractivity contribution < 1.29 is 4.74 Å². The molecule has 0 fully saturated rings. The van der Waals surface area contributed by atoms with Crippen LogP contribution >= 0.6 is 0 Å². The Labute approximate surface area is 136 Å². The van der Waals surface area contributed by atoms with Crippen LogP contribution in [0.1, 0.15) is 59.1 Å². The molecule has 0 N–H and O–H groups in total. The third-order valence-corrected chi connectivity index (χ3v) is 4.38. The molecule has 1 aliphatic rings. The van der Waals surface area contributed by atoms with Crippen molar-refractivity contribution in [1.82, 2.24) is 0 Å². The monoisotopic (exact) mass is 298 g/mol. The number of hydrogen-bond donors (Lipinski definition) is 0. The summed E-state index contributed by atoms with van der Waals surface area (Å²) in [5.74, 6) is 2.14. The first-order valence-electron chi connectivity index (χ1n) is 8.19. The normalized spacial score (nSPS) is 16.1. The quantitative estimate of drug-likeness (QED) is 0.617. The SMILES string of the molecule is Cc1cccc(C)c1OC1=C(C(C)(C)C)C=C(C(C)(C)C)C1. The highest BCUT2D eigenvalue weighted by Crippen LogP contribution is 2.44. The lowest BCUT2D eigenvalue weighted by molar-refractivity contribution is 0.375. The molecule has 2 rings (SSSR count). The van der Waals surface area contributed by atoms with E-state index >= 15 is 0 Å². The van der Waals surface area contributed by atoms with Crippen LogP contribution in [0, 0.1) is 24.7 Å². The topological polar surface area (TPSA) is 9.23 Å². The number of para-hydroxylation sites is 1. The van der Waals surface area contributed by atoms with E-state index < -0.39 is 0 Å². The summed E-state index contributed by atoms with van der Waals surface area (Å²) in [7, 11) is 0. The molecular weight excluding hydrogens is 268 g/mol. The van der Waals surface area contributed by atoms with Gasteiger partial charge in [0.25, 0.3) is 0 Å². The minimum Gasteiger partial charge on any atom is -0.461 e. The molecular formula is C21H30O. The highest BCUT2D eigenvalue weighted by atomic mass is 16.5. The van der Waals surface area contributed by atoms with Crippen LogP contribution in [-0.2, 0) is 0 Å². The average molecular weight is 298 g/mol. The summed E-state index contributed by atoms with van der Waals surface area (Å²) in [6.45, 7) is 17.9. The fraction of sp³-hybridized carbons (Fsp3) is 0.524. The van der Waals surface area contributed by atoms with Crippen molar-refractivity contribution in [2.75, 3.05) is 0 Å². The van der Waals surface area contributed by atoms with Gasteiger partial charge in [-0.1, -0.05) is 71.4 Å². The second-order valence-corrected chi connectivity index (χ2v) is 8.51. The number of benzene rings is 1. The van der Waals surface area contributed by atoms with E-state index in [0.29, 0.717) is 0 Å². The summed E-state index contributed by atoms with van der Waals surface area (Å²) in [6, 6.07) is 6.32. The lowest BCUT2D eigenvalue weighted by atomic mass is 9.84. The molecule has 0 amide bonds. The largest absolute Gasteiger partial charge is 0.461 e. The van der Waals surface area contributed by atoms with Gasteiger partial charge in [0.1, 0.15) is 11.5 Å². The molecule has 1 aromatic carbocycles. The molecule has 0 saturated heterocycles. The summed E-state index contributed by atoms with van der Waals surface area (Å²) in [4.78, 5) is 0. The van der Waals surface area contributed by atoms with Crippen molar-refractivity contribution in [2.45, 2.75) is 61.8 Å². The number of hydrogen-bond acceptors (Lipinski definition) is 1. The van der Waals surface area contributed by atoms with Gasteiger partial charge < -0.3 is 4.74 Å². The lowest BCUT2D eigenvalue weighted by Crippen LogP contribution is -2.11. The Morgan fingerprint density at radius 2 is 1.41 bits per heavy atom. The van der Waals surface area contributed by atoms with E-state index in [-0.39, 0.29) is 10.8 Å². The van der Waals surface area contributed by atoms with Crippen LogP contribution in [0.25, 0.3) is 0 Å². The summed E-state index contributed by atoms with van der Waals surface area (Å²) >= 11 is 0. The first-order valence-corrected chi connectivity index (χ1v) is 8.19. The van der Waals surface area contributed by atoms with Crippen molar-refractivity contribution in [3.05, 3.63) is 52.3 Å². The fourth-order valence-corrected chi connectivity index (χ4v) is 2.86. The minimum atomic E-state index is 0.0962. The van der Waals surface area contributed by atoms with E-state index in [1.165, 1.54) is 22.3 Å². The smallest absolute Gasteiger partial charge is 0.132 e. The molecule has 0 heterocycles. The van der Waals surface area contributed by atoms with Gasteiger partial charge in [0.2, 0.25) is 0 Å². The Morgan fingerprint density at radius 1 is 0.864 bits per heavy atom. The van der Waals surface area contributed by atoms with E-state index in [0.717, 1.165) is 17.9 Å². The third-order valence-electron chi connectivity index (χ3n) is 4.38. The molecule has 1 aromatic rings. The molecule has 1 aliphatic carbocycles. The molecule has 0 saturated carbocycles. The Bertz CT molecular complexity index is 611. The van der Waals surface area contributed by atoms with Crippen molar-refractivity contribution in [3.8, 4) is 5.75 Å². The molecule has 1 heteroatoms. The molecule has 0 spiro atoms. The highest BCUT2D eigenvalue weighted by Gasteiger charge is 2.31. The van der Waals surface area contributed by atoms with Crippen molar-refractivity contribution >= 4 is 0 Å². The predicted molar refractivity (Wildman–Crippen MR) is 95.2 cm³/mol. The number of allylic oxidation sites excluding steroid dienone is 3. The first-order chi connectivity index (χ1) is 10.00. The molecule has 22 heavy (non-hydrogen) atoms. The Morgan fingerprint density at radius 3 is 1.86 bits per heavy atom. The Kier molecular flexibility index (Phi) is 4.30. The van der Waals surface area contributed by atoms with E-state index in [4.69, 9.17) is 4.74 Å². The zero-order valence-electron chi connectivity index (χ0n) is 15.4. The van der Waals surface area contributed by atoms with Gasteiger partial charge >= 0.3 is 0 Å². The van der Waals surface area contributed by atoms with Crippen LogP contribution in [0.5, 0.6) is 5.75 Å². The lowest BCUT2D eigenvalue weighted by Gasteiger charge is -2.22. The van der Waals surface area contributed by atoms with Gasteiger partial charge in [0, 0.05) is 6.42 Å². The molecule has 0 unspecified atom stereocenters. The van der Waals surface area contributed by atoms with Crippen LogP contribution in [0.4, 0.5) is 0 Å². The molecule has 120 valence electrons. The maximum absolute atomic E-state index is 6.43. The van der Waals surface area contributed by atoms with E-state index in [1.807, 2.05) is 0 Å². The van der Waals surface area contributed by atoms with E-state index in [1.54, 1.807) is 0 Å². The molecule has 0 aromatic heterocycles. The zero-order valence-corrected chi connectivity index (χ0v) is 15.4. The van der Waals surface area contributed by atoms with Crippen LogP contribution < -0.4 is 4.74 Å². The van der Waals surface area contributed by atoms with Gasteiger partial charge in [0.05, 0.1) is 0 Å². The average Bonchev–Trinajstić information content (AvgIpc) is 2.77. The summed E-state index contributed by atoms with van der Waals surface area (Å²) in [6.07, 6.45) is 3.28. The van der Waals surface area contributed by atoms with Crippen LogP contribution in [0.15, 0.2) is 41.2 Å². The van der Waals surface area contributed by atoms with Gasteiger partial charge in [-0.3, -0.25) is 0 Å². The summed E-state index contributed by atoms with van der Waals surface area (Å²) in [5.41, 5.74) is 5.47. The van der Waals surface area contributed by atoms with Gasteiger partial charge in [0.15, 0.2) is 0 Å². The second-order valence-electron chi connectivity index (χ2n) is 8.51. The number of ether oxygens (including phenoxy) is 1. The first kappa shape index (κ1) is 16.9. The van der Waals surface area contributed by atoms with Crippen LogP contribution in [0.3, 0.4) is 0 Å². The minimum absolute atomic E-state index is 0.0962. The van der Waals surface area contributed by atoms with Gasteiger partial charge in [-0.05, 0) is 41.4 Å². The van der Waals surface area contributed by atoms with Crippen molar-refractivity contribution in [2.24, 2.45) is 10.8 Å². The molecule has 1 nitrogen and oxygen atoms in total. The van der Waals surface area contributed by atoms with Crippen molar-refractivity contribution in [1.29, 1.82) is 0 Å². The third kappa shape index (κ3) is 3.45. The Balaban J connectivity index is 2.41. The van der Waals surface area contributed by atoms with E-state index in [2.05, 4.69) is 79.7 Å². The summed E-state index contributed by atoms with van der Waals surface area (Å²) in [5, 5.41) is 0. The van der Waals surface area contributed by atoms with Gasteiger partial charge in [-0.15, -0.1) is 0 Å². The van der Waals surface area contributed by atoms with Gasteiger partial charge in [-0.2, -0.15) is 0 Å². The molecule has 0 aliphatic heterocycles. The fourth-order valence-electron chi connectivity index (χ4n) is 2.86. The van der Waals surface area contributed by atoms with Crippen LogP contribution in [0.2, 0.25) is 0 Å². The maximum atomic E-state index is 6.43. The van der Waals surface area contributed by atoms with Gasteiger partial charge in [-0.25, -0.2) is 0 Å². The number of rotatable bonds is 2. The zero-order chi connectivity index (χ0) is 16.7. The molecule has 0 radical (unpaired) electrons. The van der Waals surface area contributed by atoms with E-state index in [9.17, 15) is 0 Å². The second kappa shape index (κ2) is 5.61. The molecule has 0 bridgehead atoms. The van der Waals surface area contributed by atoms with Crippen molar-refractivity contribution in [3.63, 3.8) is 0 Å². The molecule has 0 atom stereocenters. The summed E-state index contributed by atoms with van der Waals surface area (Å²) < 4.78 is 6.43. The standard InChI is InChI=1S/C21H30O/c1-14-10-9-11-15(2)19(14)22-18-13-16(20(3,4)5)12-17(18)21(6,7)8/h9-12H,13H2,1-8H3. The maximum Gasteiger partial charge on any atom is 0.132 e. The predicted octanol–water partition coefficient (Wildman–Crippen LogP) is 6.36. The Hall–Kier alpha value is -1.50.